The first-order chi connectivity index (χ1) is 7.41. The Balaban J connectivity index is 3.39. The second-order valence-electron chi connectivity index (χ2n) is 3.65. The Labute approximate surface area is 93.4 Å². The van der Waals surface area contributed by atoms with Gasteiger partial charge in [0.1, 0.15) is 5.82 Å². The SMILES string of the molecule is CCCP(C)c1c(F)c(C)c(F)c(F)c1F. The highest BCUT2D eigenvalue weighted by molar-refractivity contribution is 7.64. The molecule has 0 heterocycles. The van der Waals surface area contributed by atoms with Crippen molar-refractivity contribution in [3.63, 3.8) is 0 Å². The van der Waals surface area contributed by atoms with Crippen LogP contribution in [0.4, 0.5) is 17.6 Å². The van der Waals surface area contributed by atoms with E-state index in [1.54, 1.807) is 6.66 Å². The average Bonchev–Trinajstić information content (AvgIpc) is 2.24. The molecule has 0 fully saturated rings. The number of hydrogen-bond acceptors (Lipinski definition) is 0. The summed E-state index contributed by atoms with van der Waals surface area (Å²) in [6.45, 7) is 4.66. The summed E-state index contributed by atoms with van der Waals surface area (Å²) in [4.78, 5) is 0. The summed E-state index contributed by atoms with van der Waals surface area (Å²) < 4.78 is 53.2. The van der Waals surface area contributed by atoms with E-state index in [9.17, 15) is 17.6 Å². The van der Waals surface area contributed by atoms with Crippen molar-refractivity contribution < 1.29 is 17.6 Å². The highest BCUT2D eigenvalue weighted by atomic mass is 31.1. The van der Waals surface area contributed by atoms with Crippen LogP contribution in [0.5, 0.6) is 0 Å². The molecule has 0 nitrogen and oxygen atoms in total. The molecule has 5 heteroatoms. The molecule has 1 rings (SSSR count). The molecule has 0 aliphatic rings. The maximum atomic E-state index is 13.6. The molecule has 1 atom stereocenters. The van der Waals surface area contributed by atoms with Gasteiger partial charge in [0.25, 0.3) is 0 Å². The van der Waals surface area contributed by atoms with Crippen LogP contribution in [0, 0.1) is 30.2 Å². The fourth-order valence-corrected chi connectivity index (χ4v) is 3.35. The Hall–Kier alpha value is -0.630. The van der Waals surface area contributed by atoms with E-state index in [2.05, 4.69) is 0 Å². The van der Waals surface area contributed by atoms with Gasteiger partial charge in [-0.25, -0.2) is 17.6 Å². The van der Waals surface area contributed by atoms with Gasteiger partial charge in [0.15, 0.2) is 17.5 Å². The number of benzene rings is 1. The molecule has 0 spiro atoms. The average molecular weight is 252 g/mol. The lowest BCUT2D eigenvalue weighted by Gasteiger charge is -2.15. The van der Waals surface area contributed by atoms with E-state index < -0.39 is 36.8 Å². The van der Waals surface area contributed by atoms with Crippen molar-refractivity contribution in [1.29, 1.82) is 0 Å². The third kappa shape index (κ3) is 2.22. The van der Waals surface area contributed by atoms with Gasteiger partial charge in [-0.2, -0.15) is 0 Å². The minimum absolute atomic E-state index is 0.284. The third-order valence-corrected chi connectivity index (χ3v) is 4.67. The summed E-state index contributed by atoms with van der Waals surface area (Å²) in [5.74, 6) is -5.32. The van der Waals surface area contributed by atoms with Crippen molar-refractivity contribution in [3.05, 3.63) is 28.8 Å². The molecule has 1 aromatic carbocycles. The number of halogens is 4. The molecule has 0 aromatic heterocycles. The van der Waals surface area contributed by atoms with Crippen molar-refractivity contribution in [2.45, 2.75) is 20.3 Å². The van der Waals surface area contributed by atoms with E-state index in [1.807, 2.05) is 6.92 Å². The van der Waals surface area contributed by atoms with Crippen molar-refractivity contribution >= 4 is 13.2 Å². The van der Waals surface area contributed by atoms with Gasteiger partial charge in [0, 0.05) is 5.56 Å². The van der Waals surface area contributed by atoms with Gasteiger partial charge >= 0.3 is 0 Å². The lowest BCUT2D eigenvalue weighted by molar-refractivity contribution is 0.435. The zero-order valence-corrected chi connectivity index (χ0v) is 10.3. The molecule has 1 unspecified atom stereocenters. The van der Waals surface area contributed by atoms with Gasteiger partial charge in [-0.1, -0.05) is 21.3 Å². The van der Waals surface area contributed by atoms with E-state index in [0.29, 0.717) is 6.16 Å². The molecule has 90 valence electrons. The lowest BCUT2D eigenvalue weighted by atomic mass is 10.2. The second-order valence-corrected chi connectivity index (χ2v) is 5.94. The van der Waals surface area contributed by atoms with E-state index in [0.717, 1.165) is 13.3 Å². The minimum Gasteiger partial charge on any atom is -0.206 e. The molecule has 0 saturated carbocycles. The van der Waals surface area contributed by atoms with Gasteiger partial charge in [0.2, 0.25) is 0 Å². The fourth-order valence-electron chi connectivity index (χ4n) is 1.52. The molecule has 0 aliphatic heterocycles. The van der Waals surface area contributed by atoms with E-state index in [-0.39, 0.29) is 5.30 Å². The smallest absolute Gasteiger partial charge is 0.195 e. The van der Waals surface area contributed by atoms with Crippen molar-refractivity contribution in [2.75, 3.05) is 12.8 Å². The zero-order valence-electron chi connectivity index (χ0n) is 9.37. The zero-order chi connectivity index (χ0) is 12.5. The predicted molar refractivity (Wildman–Crippen MR) is 58.6 cm³/mol. The summed E-state index contributed by atoms with van der Waals surface area (Å²) >= 11 is 0. The molecule has 0 saturated heterocycles. The third-order valence-electron chi connectivity index (χ3n) is 2.40. The largest absolute Gasteiger partial charge is 0.206 e. The topological polar surface area (TPSA) is 0 Å². The summed E-state index contributed by atoms with van der Waals surface area (Å²) in [5.41, 5.74) is -0.445. The molecule has 1 aromatic rings. The van der Waals surface area contributed by atoms with Crippen LogP contribution in [-0.4, -0.2) is 12.8 Å². The molecule has 0 bridgehead atoms. The van der Waals surface area contributed by atoms with E-state index in [1.165, 1.54) is 0 Å². The van der Waals surface area contributed by atoms with Crippen LogP contribution in [0.3, 0.4) is 0 Å². The molecule has 0 aliphatic carbocycles. The van der Waals surface area contributed by atoms with E-state index >= 15 is 0 Å². The molecule has 16 heavy (non-hydrogen) atoms. The van der Waals surface area contributed by atoms with Gasteiger partial charge in [-0.05, 0) is 19.8 Å². The first-order valence-corrected chi connectivity index (χ1v) is 6.92. The Bertz CT molecular complexity index is 374. The van der Waals surface area contributed by atoms with Crippen LogP contribution in [0.1, 0.15) is 18.9 Å². The maximum absolute atomic E-state index is 13.6. The summed E-state index contributed by atoms with van der Waals surface area (Å²) in [5, 5.41) is -0.284. The number of hydrogen-bond donors (Lipinski definition) is 0. The first kappa shape index (κ1) is 13.4. The van der Waals surface area contributed by atoms with Crippen LogP contribution in [0.25, 0.3) is 0 Å². The van der Waals surface area contributed by atoms with E-state index in [4.69, 9.17) is 0 Å². The first-order valence-electron chi connectivity index (χ1n) is 4.95. The Morgan fingerprint density at radius 2 is 1.50 bits per heavy atom. The summed E-state index contributed by atoms with van der Waals surface area (Å²) in [6, 6.07) is 0. The molecular formula is C11H13F4P. The monoisotopic (exact) mass is 252 g/mol. The normalized spacial score (nSPS) is 12.9. The van der Waals surface area contributed by atoms with Gasteiger partial charge in [0.05, 0.1) is 5.30 Å². The van der Waals surface area contributed by atoms with Gasteiger partial charge < -0.3 is 0 Å². The highest BCUT2D eigenvalue weighted by Crippen LogP contribution is 2.34. The quantitative estimate of drug-likeness (QED) is 0.333. The van der Waals surface area contributed by atoms with Crippen LogP contribution in [0.15, 0.2) is 0 Å². The second kappa shape index (κ2) is 5.13. The summed E-state index contributed by atoms with van der Waals surface area (Å²) in [6.07, 6.45) is 1.34. The molecule has 0 amide bonds. The van der Waals surface area contributed by atoms with Crippen LogP contribution in [-0.2, 0) is 0 Å². The standard InChI is InChI=1S/C11H13F4P/c1-4-5-16(3)11-8(13)6(2)7(12)9(14)10(11)15/h4-5H2,1-3H3. The van der Waals surface area contributed by atoms with Gasteiger partial charge in [-0.15, -0.1) is 0 Å². The van der Waals surface area contributed by atoms with Crippen LogP contribution in [0.2, 0.25) is 0 Å². The van der Waals surface area contributed by atoms with Gasteiger partial charge in [-0.3, -0.25) is 0 Å². The van der Waals surface area contributed by atoms with Crippen LogP contribution < -0.4 is 5.30 Å². The summed E-state index contributed by atoms with van der Waals surface area (Å²) in [7, 11) is -1.12. The molecule has 0 radical (unpaired) electrons. The Kier molecular flexibility index (Phi) is 4.31. The Morgan fingerprint density at radius 1 is 0.938 bits per heavy atom. The minimum atomic E-state index is -1.57. The molecule has 0 N–H and O–H groups in total. The van der Waals surface area contributed by atoms with Crippen molar-refractivity contribution in [3.8, 4) is 0 Å². The fraction of sp³-hybridized carbons (Fsp3) is 0.455. The van der Waals surface area contributed by atoms with Crippen molar-refractivity contribution in [1.82, 2.24) is 0 Å². The highest BCUT2D eigenvalue weighted by Gasteiger charge is 2.25. The van der Waals surface area contributed by atoms with Crippen molar-refractivity contribution in [2.24, 2.45) is 0 Å². The molecular weight excluding hydrogens is 239 g/mol. The lowest BCUT2D eigenvalue weighted by Crippen LogP contribution is -2.19. The predicted octanol–water partition coefficient (Wildman–Crippen LogP) is 3.70. The number of rotatable bonds is 3. The van der Waals surface area contributed by atoms with Crippen LogP contribution >= 0.6 is 7.92 Å². The Morgan fingerprint density at radius 3 is 2.00 bits per heavy atom. The maximum Gasteiger partial charge on any atom is 0.195 e.